The van der Waals surface area contributed by atoms with Crippen molar-refractivity contribution in [3.63, 3.8) is 0 Å². The maximum Gasteiger partial charge on any atom is 0.339 e. The van der Waals surface area contributed by atoms with Crippen LogP contribution in [0.3, 0.4) is 0 Å². The average molecular weight is 468 g/mol. The molecule has 1 aliphatic carbocycles. The quantitative estimate of drug-likeness (QED) is 0.275. The molecule has 0 spiro atoms. The lowest BCUT2D eigenvalue weighted by atomic mass is 9.90. The minimum absolute atomic E-state index is 0.259. The van der Waals surface area contributed by atoms with E-state index in [4.69, 9.17) is 25.5 Å². The zero-order valence-corrected chi connectivity index (χ0v) is 19.4. The molecule has 7 heteroatoms. The van der Waals surface area contributed by atoms with Crippen LogP contribution in [0.25, 0.3) is 11.0 Å². The molecular weight excluding hydrogens is 442 g/mol. The van der Waals surface area contributed by atoms with Crippen LogP contribution >= 0.6 is 11.6 Å². The molecule has 0 fully saturated rings. The second-order valence-corrected chi connectivity index (χ2v) is 9.01. The topological polar surface area (TPSA) is 69.0 Å². The van der Waals surface area contributed by atoms with Crippen molar-refractivity contribution in [2.24, 2.45) is 0 Å². The van der Waals surface area contributed by atoms with Gasteiger partial charge in [0.2, 0.25) is 0 Å². The summed E-state index contributed by atoms with van der Waals surface area (Å²) in [5.74, 6) is 0.245. The predicted octanol–water partition coefficient (Wildman–Crippen LogP) is 5.64. The number of rotatable bonds is 5. The van der Waals surface area contributed by atoms with Crippen LogP contribution in [0.1, 0.15) is 59.7 Å². The first-order valence-corrected chi connectivity index (χ1v) is 11.9. The summed E-state index contributed by atoms with van der Waals surface area (Å²) in [5, 5.41) is 1.44. The molecule has 1 aromatic heterocycles. The number of fused-ring (bicyclic) bond motifs is 5. The second kappa shape index (κ2) is 9.10. The fourth-order valence-electron chi connectivity index (χ4n) is 4.64. The highest BCUT2D eigenvalue weighted by Gasteiger charge is 2.27. The van der Waals surface area contributed by atoms with Gasteiger partial charge >= 0.3 is 11.6 Å². The maximum atomic E-state index is 12.7. The van der Waals surface area contributed by atoms with Crippen LogP contribution in [-0.2, 0) is 24.1 Å². The van der Waals surface area contributed by atoms with E-state index in [2.05, 4.69) is 6.92 Å². The Labute approximate surface area is 197 Å². The summed E-state index contributed by atoms with van der Waals surface area (Å²) >= 11 is 6.59. The van der Waals surface area contributed by atoms with E-state index in [1.807, 2.05) is 23.1 Å². The molecule has 0 radical (unpaired) electrons. The molecule has 0 saturated carbocycles. The Morgan fingerprint density at radius 2 is 1.88 bits per heavy atom. The molecule has 2 aliphatic rings. The molecule has 33 heavy (non-hydrogen) atoms. The number of nitrogens with zero attached hydrogens (tertiary/aromatic N) is 1. The van der Waals surface area contributed by atoms with Gasteiger partial charge < -0.3 is 18.8 Å². The highest BCUT2D eigenvalue weighted by atomic mass is 35.5. The monoisotopic (exact) mass is 467 g/mol. The first-order chi connectivity index (χ1) is 16.1. The third-order valence-corrected chi connectivity index (χ3v) is 6.71. The molecule has 2 aromatic carbocycles. The smallest absolute Gasteiger partial charge is 0.339 e. The maximum absolute atomic E-state index is 12.7. The number of aryl methyl sites for hydroxylation is 1. The van der Waals surface area contributed by atoms with Crippen LogP contribution in [0.2, 0.25) is 5.02 Å². The third-order valence-electron chi connectivity index (χ3n) is 6.43. The van der Waals surface area contributed by atoms with E-state index in [1.165, 1.54) is 0 Å². The largest absolute Gasteiger partial charge is 0.471 e. The zero-order chi connectivity index (χ0) is 22.9. The number of hydrogen-bond donors (Lipinski definition) is 0. The number of unbranched alkanes of at least 4 members (excludes halogenated alkanes) is 1. The normalized spacial score (nSPS) is 15.0. The molecule has 1 aliphatic heterocycles. The van der Waals surface area contributed by atoms with Gasteiger partial charge in [-0.15, -0.1) is 0 Å². The minimum Gasteiger partial charge on any atom is -0.471 e. The van der Waals surface area contributed by atoms with Gasteiger partial charge in [0.1, 0.15) is 11.3 Å². The van der Waals surface area contributed by atoms with E-state index in [0.717, 1.165) is 66.3 Å². The molecule has 0 amide bonds. The number of hydrogen-bond acceptors (Lipinski definition) is 6. The lowest BCUT2D eigenvalue weighted by Crippen LogP contribution is -2.32. The summed E-state index contributed by atoms with van der Waals surface area (Å²) < 4.78 is 17.1. The lowest BCUT2D eigenvalue weighted by Gasteiger charge is -2.32. The third kappa shape index (κ3) is 4.08. The second-order valence-electron chi connectivity index (χ2n) is 8.60. The molecule has 0 bridgehead atoms. The number of benzene rings is 2. The fourth-order valence-corrected chi connectivity index (χ4v) is 4.91. The van der Waals surface area contributed by atoms with E-state index in [1.54, 1.807) is 12.1 Å². The van der Waals surface area contributed by atoms with Crippen molar-refractivity contribution in [1.29, 1.82) is 0 Å². The summed E-state index contributed by atoms with van der Waals surface area (Å²) in [6.45, 7) is 3.26. The molecule has 0 unspecified atom stereocenters. The Balaban J connectivity index is 1.46. The van der Waals surface area contributed by atoms with E-state index >= 15 is 0 Å². The predicted molar refractivity (Wildman–Crippen MR) is 127 cm³/mol. The Hall–Kier alpha value is -2.99. The molecule has 2 heterocycles. The molecule has 0 atom stereocenters. The first-order valence-electron chi connectivity index (χ1n) is 11.5. The van der Waals surface area contributed by atoms with Crippen molar-refractivity contribution in [3.8, 4) is 5.75 Å². The zero-order valence-electron chi connectivity index (χ0n) is 18.6. The van der Waals surface area contributed by atoms with Gasteiger partial charge in [0.05, 0.1) is 29.3 Å². The van der Waals surface area contributed by atoms with Gasteiger partial charge in [-0.05, 0) is 68.0 Å². The van der Waals surface area contributed by atoms with E-state index in [0.29, 0.717) is 41.8 Å². The summed E-state index contributed by atoms with van der Waals surface area (Å²) in [6, 6.07) is 9.12. The van der Waals surface area contributed by atoms with Crippen molar-refractivity contribution < 1.29 is 18.7 Å². The highest BCUT2D eigenvalue weighted by Crippen LogP contribution is 2.41. The van der Waals surface area contributed by atoms with Crippen molar-refractivity contribution in [2.75, 3.05) is 18.2 Å². The van der Waals surface area contributed by atoms with E-state index in [-0.39, 0.29) is 11.6 Å². The summed E-state index contributed by atoms with van der Waals surface area (Å²) in [4.78, 5) is 26.9. The average Bonchev–Trinajstić information content (AvgIpc) is 2.85. The number of carbonyl (C=O) groups is 1. The SMILES string of the molecule is CCCCOC(=O)c1ccc(N2COc3c(Cl)cc4c5c(c(=O)oc4c3C2)CCCC5)cc1. The number of anilines is 1. The molecule has 5 rings (SSSR count). The van der Waals surface area contributed by atoms with Crippen molar-refractivity contribution >= 4 is 34.2 Å². The van der Waals surface area contributed by atoms with Crippen molar-refractivity contribution in [1.82, 2.24) is 0 Å². The van der Waals surface area contributed by atoms with Crippen LogP contribution in [0.15, 0.2) is 39.5 Å². The van der Waals surface area contributed by atoms with Crippen molar-refractivity contribution in [2.45, 2.75) is 52.0 Å². The summed E-state index contributed by atoms with van der Waals surface area (Å²) in [6.07, 6.45) is 5.48. The van der Waals surface area contributed by atoms with E-state index < -0.39 is 0 Å². The Morgan fingerprint density at radius 3 is 2.64 bits per heavy atom. The molecule has 172 valence electrons. The van der Waals surface area contributed by atoms with E-state index in [9.17, 15) is 9.59 Å². The van der Waals surface area contributed by atoms with Crippen LogP contribution in [0.4, 0.5) is 5.69 Å². The van der Waals surface area contributed by atoms with Crippen LogP contribution < -0.4 is 15.3 Å². The van der Waals surface area contributed by atoms with Crippen LogP contribution in [0, 0.1) is 0 Å². The number of carbonyl (C=O) groups excluding carboxylic acids is 1. The standard InChI is InChI=1S/C26H26ClNO5/c1-2-3-12-31-25(29)16-8-10-17(11-9-16)28-14-21-23-20(13-22(27)24(21)32-15-28)18-6-4-5-7-19(18)26(30)33-23/h8-11,13H,2-7,12,14-15H2,1H3. The highest BCUT2D eigenvalue weighted by molar-refractivity contribution is 6.33. The Kier molecular flexibility index (Phi) is 6.02. The van der Waals surface area contributed by atoms with Gasteiger partial charge in [0.25, 0.3) is 0 Å². The van der Waals surface area contributed by atoms with Gasteiger partial charge in [-0.3, -0.25) is 0 Å². The number of ether oxygens (including phenoxy) is 2. The van der Waals surface area contributed by atoms with Gasteiger partial charge in [0.15, 0.2) is 6.73 Å². The lowest BCUT2D eigenvalue weighted by molar-refractivity contribution is 0.0500. The van der Waals surface area contributed by atoms with Gasteiger partial charge in [0, 0.05) is 16.6 Å². The molecule has 0 saturated heterocycles. The number of esters is 1. The molecular formula is C26H26ClNO5. The summed E-state index contributed by atoms with van der Waals surface area (Å²) in [5.41, 5.74) is 4.31. The molecule has 6 nitrogen and oxygen atoms in total. The van der Waals surface area contributed by atoms with Crippen molar-refractivity contribution in [3.05, 3.63) is 68.0 Å². The number of halogens is 1. The Morgan fingerprint density at radius 1 is 1.12 bits per heavy atom. The minimum atomic E-state index is -0.320. The van der Waals surface area contributed by atoms with Crippen LogP contribution in [0.5, 0.6) is 5.75 Å². The first kappa shape index (κ1) is 21.8. The molecule has 0 N–H and O–H groups in total. The molecule has 3 aromatic rings. The van der Waals surface area contributed by atoms with Gasteiger partial charge in [-0.2, -0.15) is 0 Å². The van der Waals surface area contributed by atoms with Crippen LogP contribution in [-0.4, -0.2) is 19.3 Å². The Bertz CT molecular complexity index is 1260. The summed E-state index contributed by atoms with van der Waals surface area (Å²) in [7, 11) is 0. The fraction of sp³-hybridized carbons (Fsp3) is 0.385. The van der Waals surface area contributed by atoms with Gasteiger partial charge in [-0.25, -0.2) is 9.59 Å². The van der Waals surface area contributed by atoms with Gasteiger partial charge in [-0.1, -0.05) is 24.9 Å².